The van der Waals surface area contributed by atoms with Gasteiger partial charge in [0.25, 0.3) is 0 Å². The molecule has 0 amide bonds. The summed E-state index contributed by atoms with van der Waals surface area (Å²) in [4.78, 5) is 2.71. The fraction of sp³-hybridized carbons (Fsp3) is 1.00. The van der Waals surface area contributed by atoms with Crippen molar-refractivity contribution in [2.75, 3.05) is 26.2 Å². The average Bonchev–Trinajstić information content (AvgIpc) is 2.40. The zero-order valence-electron chi connectivity index (χ0n) is 12.5. The van der Waals surface area contributed by atoms with Gasteiger partial charge in [-0.2, -0.15) is 0 Å². The van der Waals surface area contributed by atoms with Crippen LogP contribution in [-0.4, -0.2) is 37.1 Å². The molecular formula is C16H32N2. The second-order valence-electron chi connectivity index (χ2n) is 6.80. The zero-order chi connectivity index (χ0) is 12.8. The van der Waals surface area contributed by atoms with Gasteiger partial charge in [-0.15, -0.1) is 0 Å². The summed E-state index contributed by atoms with van der Waals surface area (Å²) >= 11 is 0. The predicted octanol–water partition coefficient (Wildman–Crippen LogP) is 3.28. The smallest absolute Gasteiger partial charge is 0.0223 e. The Balaban J connectivity index is 1.70. The minimum atomic E-state index is 0.790. The molecule has 1 unspecified atom stereocenters. The van der Waals surface area contributed by atoms with Crippen LogP contribution in [0.15, 0.2) is 0 Å². The SMILES string of the molecule is CC(C)CCCN1CCNC(C2CCCCC2)C1. The summed E-state index contributed by atoms with van der Waals surface area (Å²) in [6.45, 7) is 9.78. The van der Waals surface area contributed by atoms with Crippen molar-refractivity contribution in [2.24, 2.45) is 11.8 Å². The molecule has 0 aromatic rings. The Morgan fingerprint density at radius 1 is 1.17 bits per heavy atom. The van der Waals surface area contributed by atoms with Crippen molar-refractivity contribution in [1.29, 1.82) is 0 Å². The van der Waals surface area contributed by atoms with Gasteiger partial charge in [0, 0.05) is 25.7 Å². The lowest BCUT2D eigenvalue weighted by Crippen LogP contribution is -2.54. The van der Waals surface area contributed by atoms with Crippen LogP contribution < -0.4 is 5.32 Å². The lowest BCUT2D eigenvalue weighted by Gasteiger charge is -2.39. The predicted molar refractivity (Wildman–Crippen MR) is 78.9 cm³/mol. The van der Waals surface area contributed by atoms with E-state index in [2.05, 4.69) is 24.1 Å². The van der Waals surface area contributed by atoms with E-state index in [9.17, 15) is 0 Å². The first-order valence-corrected chi connectivity index (χ1v) is 8.21. The van der Waals surface area contributed by atoms with Crippen LogP contribution in [0.4, 0.5) is 0 Å². The molecule has 106 valence electrons. The first kappa shape index (κ1) is 14.3. The van der Waals surface area contributed by atoms with Crippen molar-refractivity contribution in [2.45, 2.75) is 64.8 Å². The third-order valence-corrected chi connectivity index (χ3v) is 4.76. The highest BCUT2D eigenvalue weighted by molar-refractivity contribution is 4.85. The van der Waals surface area contributed by atoms with Gasteiger partial charge in [0.05, 0.1) is 0 Å². The molecule has 0 spiro atoms. The van der Waals surface area contributed by atoms with Gasteiger partial charge >= 0.3 is 0 Å². The summed E-state index contributed by atoms with van der Waals surface area (Å²) in [5.41, 5.74) is 0. The molecule has 1 atom stereocenters. The molecule has 1 N–H and O–H groups in total. The second kappa shape index (κ2) is 7.49. The standard InChI is InChI=1S/C16H32N2/c1-14(2)7-6-11-18-12-10-17-16(13-18)15-8-4-3-5-9-15/h14-17H,3-13H2,1-2H3. The van der Waals surface area contributed by atoms with E-state index < -0.39 is 0 Å². The molecule has 1 aliphatic heterocycles. The third kappa shape index (κ3) is 4.55. The summed E-state index contributed by atoms with van der Waals surface area (Å²) < 4.78 is 0. The van der Waals surface area contributed by atoms with Gasteiger partial charge in [0.1, 0.15) is 0 Å². The maximum Gasteiger partial charge on any atom is 0.0223 e. The topological polar surface area (TPSA) is 15.3 Å². The molecule has 0 bridgehead atoms. The van der Waals surface area contributed by atoms with Crippen LogP contribution in [0.5, 0.6) is 0 Å². The van der Waals surface area contributed by atoms with Crippen molar-refractivity contribution in [3.63, 3.8) is 0 Å². The number of piperazine rings is 1. The molecule has 2 nitrogen and oxygen atoms in total. The van der Waals surface area contributed by atoms with Gasteiger partial charge in [-0.1, -0.05) is 33.1 Å². The highest BCUT2D eigenvalue weighted by Crippen LogP contribution is 2.27. The second-order valence-corrected chi connectivity index (χ2v) is 6.80. The first-order chi connectivity index (χ1) is 8.75. The van der Waals surface area contributed by atoms with Crippen LogP contribution in [-0.2, 0) is 0 Å². The zero-order valence-corrected chi connectivity index (χ0v) is 12.5. The van der Waals surface area contributed by atoms with Crippen molar-refractivity contribution >= 4 is 0 Å². The number of nitrogens with one attached hydrogen (secondary N) is 1. The van der Waals surface area contributed by atoms with Crippen molar-refractivity contribution in [3.8, 4) is 0 Å². The monoisotopic (exact) mass is 252 g/mol. The summed E-state index contributed by atoms with van der Waals surface area (Å²) in [6, 6.07) is 0.790. The Hall–Kier alpha value is -0.0800. The fourth-order valence-corrected chi connectivity index (χ4v) is 3.62. The van der Waals surface area contributed by atoms with Crippen molar-refractivity contribution in [3.05, 3.63) is 0 Å². The van der Waals surface area contributed by atoms with Crippen LogP contribution in [0, 0.1) is 11.8 Å². The van der Waals surface area contributed by atoms with Gasteiger partial charge in [-0.3, -0.25) is 0 Å². The van der Waals surface area contributed by atoms with Crippen LogP contribution in [0.25, 0.3) is 0 Å². The Labute approximate surface area is 114 Å². The highest BCUT2D eigenvalue weighted by Gasteiger charge is 2.27. The molecule has 1 heterocycles. The van der Waals surface area contributed by atoms with Gasteiger partial charge < -0.3 is 10.2 Å². The van der Waals surface area contributed by atoms with Crippen LogP contribution in [0.2, 0.25) is 0 Å². The van der Waals surface area contributed by atoms with Crippen LogP contribution in [0.1, 0.15) is 58.8 Å². The molecule has 0 radical (unpaired) electrons. The van der Waals surface area contributed by atoms with E-state index in [1.165, 1.54) is 71.1 Å². The minimum absolute atomic E-state index is 0.790. The Morgan fingerprint density at radius 2 is 1.94 bits per heavy atom. The molecule has 1 aliphatic carbocycles. The van der Waals surface area contributed by atoms with E-state index in [-0.39, 0.29) is 0 Å². The Kier molecular flexibility index (Phi) is 5.97. The van der Waals surface area contributed by atoms with Gasteiger partial charge in [0.2, 0.25) is 0 Å². The molecule has 2 heteroatoms. The summed E-state index contributed by atoms with van der Waals surface area (Å²) in [7, 11) is 0. The molecular weight excluding hydrogens is 220 g/mol. The van der Waals surface area contributed by atoms with Gasteiger partial charge in [0.15, 0.2) is 0 Å². The molecule has 1 saturated heterocycles. The van der Waals surface area contributed by atoms with E-state index in [1.807, 2.05) is 0 Å². The maximum absolute atomic E-state index is 3.78. The number of nitrogens with zero attached hydrogens (tertiary/aromatic N) is 1. The number of rotatable bonds is 5. The van der Waals surface area contributed by atoms with E-state index in [1.54, 1.807) is 0 Å². The highest BCUT2D eigenvalue weighted by atomic mass is 15.2. The van der Waals surface area contributed by atoms with Crippen LogP contribution in [0.3, 0.4) is 0 Å². The summed E-state index contributed by atoms with van der Waals surface area (Å²) in [5, 5.41) is 3.78. The molecule has 18 heavy (non-hydrogen) atoms. The largest absolute Gasteiger partial charge is 0.311 e. The third-order valence-electron chi connectivity index (χ3n) is 4.76. The number of hydrogen-bond donors (Lipinski definition) is 1. The lowest BCUT2D eigenvalue weighted by molar-refractivity contribution is 0.143. The Morgan fingerprint density at radius 3 is 2.67 bits per heavy atom. The Bertz CT molecular complexity index is 221. The molecule has 2 fully saturated rings. The van der Waals surface area contributed by atoms with E-state index in [0.29, 0.717) is 0 Å². The first-order valence-electron chi connectivity index (χ1n) is 8.21. The quantitative estimate of drug-likeness (QED) is 0.808. The van der Waals surface area contributed by atoms with Gasteiger partial charge in [-0.05, 0) is 44.1 Å². The maximum atomic E-state index is 3.78. The fourth-order valence-electron chi connectivity index (χ4n) is 3.62. The molecule has 0 aromatic carbocycles. The van der Waals surface area contributed by atoms with E-state index in [4.69, 9.17) is 0 Å². The van der Waals surface area contributed by atoms with E-state index >= 15 is 0 Å². The number of hydrogen-bond acceptors (Lipinski definition) is 2. The normalized spacial score (nSPS) is 27.8. The van der Waals surface area contributed by atoms with Gasteiger partial charge in [-0.25, -0.2) is 0 Å². The minimum Gasteiger partial charge on any atom is -0.311 e. The molecule has 1 saturated carbocycles. The molecule has 0 aromatic heterocycles. The van der Waals surface area contributed by atoms with E-state index in [0.717, 1.165) is 17.9 Å². The molecule has 2 rings (SSSR count). The average molecular weight is 252 g/mol. The van der Waals surface area contributed by atoms with Crippen molar-refractivity contribution < 1.29 is 0 Å². The van der Waals surface area contributed by atoms with Crippen molar-refractivity contribution in [1.82, 2.24) is 10.2 Å². The lowest BCUT2D eigenvalue weighted by atomic mass is 9.83. The van der Waals surface area contributed by atoms with Crippen LogP contribution >= 0.6 is 0 Å². The molecule has 2 aliphatic rings. The summed E-state index contributed by atoms with van der Waals surface area (Å²) in [6.07, 6.45) is 10.1. The summed E-state index contributed by atoms with van der Waals surface area (Å²) in [5.74, 6) is 1.83.